The summed E-state index contributed by atoms with van der Waals surface area (Å²) in [5.74, 6) is 1.50. The molecule has 3 rings (SSSR count). The Morgan fingerprint density at radius 3 is 2.39 bits per heavy atom. The van der Waals surface area contributed by atoms with Crippen LogP contribution in [0.1, 0.15) is 11.3 Å². The molecule has 4 nitrogen and oxygen atoms in total. The minimum absolute atomic E-state index is 0.00667. The molecule has 1 N–H and O–H groups in total. The van der Waals surface area contributed by atoms with E-state index in [0.29, 0.717) is 13.2 Å². The van der Waals surface area contributed by atoms with Crippen LogP contribution in [0.25, 0.3) is 10.9 Å². The molecule has 23 heavy (non-hydrogen) atoms. The van der Waals surface area contributed by atoms with Crippen LogP contribution in [-0.2, 0) is 6.61 Å². The maximum atomic E-state index is 8.75. The molecule has 0 unspecified atom stereocenters. The first-order chi connectivity index (χ1) is 11.3. The normalized spacial score (nSPS) is 10.7. The highest BCUT2D eigenvalue weighted by molar-refractivity contribution is 5.82. The summed E-state index contributed by atoms with van der Waals surface area (Å²) in [5, 5.41) is 9.86. The summed E-state index contributed by atoms with van der Waals surface area (Å²) in [6, 6.07) is 17.5. The van der Waals surface area contributed by atoms with E-state index in [-0.39, 0.29) is 6.61 Å². The minimum atomic E-state index is 0.00667. The van der Waals surface area contributed by atoms with Gasteiger partial charge in [0.25, 0.3) is 0 Å². The van der Waals surface area contributed by atoms with Gasteiger partial charge < -0.3 is 14.6 Å². The molecule has 2 aromatic carbocycles. The number of nitrogens with zero attached hydrogens (tertiary/aromatic N) is 1. The van der Waals surface area contributed by atoms with Gasteiger partial charge in [0.15, 0.2) is 0 Å². The molecule has 0 atom stereocenters. The van der Waals surface area contributed by atoms with Gasteiger partial charge in [-0.15, -0.1) is 0 Å². The average Bonchev–Trinajstić information content (AvgIpc) is 2.58. The lowest BCUT2D eigenvalue weighted by molar-refractivity contribution is 0.201. The molecule has 3 aromatic rings. The molecule has 0 aliphatic carbocycles. The van der Waals surface area contributed by atoms with Gasteiger partial charge in [0.1, 0.15) is 24.7 Å². The molecule has 0 aliphatic rings. The third kappa shape index (κ3) is 3.79. The fourth-order valence-electron chi connectivity index (χ4n) is 2.47. The smallest absolute Gasteiger partial charge is 0.120 e. The quantitative estimate of drug-likeness (QED) is 0.757. The third-order valence-corrected chi connectivity index (χ3v) is 3.51. The molecular formula is C19H19NO3. The predicted molar refractivity (Wildman–Crippen MR) is 89.8 cm³/mol. The van der Waals surface area contributed by atoms with Crippen LogP contribution in [0.5, 0.6) is 11.5 Å². The average molecular weight is 309 g/mol. The Bertz CT molecular complexity index is 784. The topological polar surface area (TPSA) is 51.6 Å². The van der Waals surface area contributed by atoms with Gasteiger partial charge >= 0.3 is 0 Å². The second kappa shape index (κ2) is 7.11. The van der Waals surface area contributed by atoms with Gasteiger partial charge in [-0.1, -0.05) is 18.2 Å². The summed E-state index contributed by atoms with van der Waals surface area (Å²) in [6.45, 7) is 2.78. The van der Waals surface area contributed by atoms with E-state index in [9.17, 15) is 0 Å². The van der Waals surface area contributed by atoms with Crippen molar-refractivity contribution in [1.82, 2.24) is 4.98 Å². The summed E-state index contributed by atoms with van der Waals surface area (Å²) in [5.41, 5.74) is 3.09. The van der Waals surface area contributed by atoms with Gasteiger partial charge in [-0.05, 0) is 43.3 Å². The number of hydrogen-bond donors (Lipinski definition) is 1. The molecule has 1 aromatic heterocycles. The van der Waals surface area contributed by atoms with Gasteiger partial charge in [0, 0.05) is 16.6 Å². The van der Waals surface area contributed by atoms with Gasteiger partial charge in [-0.25, -0.2) is 0 Å². The summed E-state index contributed by atoms with van der Waals surface area (Å²) >= 11 is 0. The summed E-state index contributed by atoms with van der Waals surface area (Å²) < 4.78 is 11.2. The number of fused-ring (bicyclic) bond motifs is 1. The van der Waals surface area contributed by atoms with Crippen LogP contribution < -0.4 is 9.47 Å². The van der Waals surface area contributed by atoms with Crippen LogP contribution >= 0.6 is 0 Å². The number of aliphatic hydroxyl groups excluding tert-OH is 1. The van der Waals surface area contributed by atoms with Gasteiger partial charge in [-0.2, -0.15) is 0 Å². The first-order valence-electron chi connectivity index (χ1n) is 7.58. The highest BCUT2D eigenvalue weighted by Gasteiger charge is 2.05. The van der Waals surface area contributed by atoms with E-state index in [2.05, 4.69) is 17.1 Å². The summed E-state index contributed by atoms with van der Waals surface area (Å²) in [7, 11) is 0. The van der Waals surface area contributed by atoms with Crippen LogP contribution in [0.2, 0.25) is 0 Å². The Morgan fingerprint density at radius 2 is 1.65 bits per heavy atom. The molecule has 4 heteroatoms. The highest BCUT2D eigenvalue weighted by Crippen LogP contribution is 2.22. The second-order valence-corrected chi connectivity index (χ2v) is 5.27. The molecular weight excluding hydrogens is 290 g/mol. The van der Waals surface area contributed by atoms with E-state index in [4.69, 9.17) is 14.6 Å². The second-order valence-electron chi connectivity index (χ2n) is 5.27. The minimum Gasteiger partial charge on any atom is -0.491 e. The van der Waals surface area contributed by atoms with Crippen molar-refractivity contribution >= 4 is 10.9 Å². The van der Waals surface area contributed by atoms with Crippen LogP contribution in [0.4, 0.5) is 0 Å². The monoisotopic (exact) mass is 309 g/mol. The molecule has 0 fully saturated rings. The fraction of sp³-hybridized carbons (Fsp3) is 0.211. The SMILES string of the molecule is Cc1cc(COc2ccc(OCCO)cc2)c2ccccc2n1. The Kier molecular flexibility index (Phi) is 4.74. The van der Waals surface area contributed by atoms with Gasteiger partial charge in [0.2, 0.25) is 0 Å². The van der Waals surface area contributed by atoms with Crippen LogP contribution in [0.3, 0.4) is 0 Å². The zero-order valence-corrected chi connectivity index (χ0v) is 13.0. The van der Waals surface area contributed by atoms with Crippen molar-refractivity contribution in [2.75, 3.05) is 13.2 Å². The van der Waals surface area contributed by atoms with Crippen molar-refractivity contribution in [3.8, 4) is 11.5 Å². The molecule has 0 radical (unpaired) electrons. The predicted octanol–water partition coefficient (Wildman–Crippen LogP) is 3.49. The summed E-state index contributed by atoms with van der Waals surface area (Å²) in [6.07, 6.45) is 0. The largest absolute Gasteiger partial charge is 0.491 e. The van der Waals surface area contributed by atoms with Crippen LogP contribution in [0, 0.1) is 6.92 Å². The van der Waals surface area contributed by atoms with Crippen LogP contribution in [0.15, 0.2) is 54.6 Å². The van der Waals surface area contributed by atoms with Crippen molar-refractivity contribution in [1.29, 1.82) is 0 Å². The number of aromatic nitrogens is 1. The standard InChI is InChI=1S/C19H19NO3/c1-14-12-15(18-4-2-3-5-19(18)20-14)13-23-17-8-6-16(7-9-17)22-11-10-21/h2-9,12,21H,10-11,13H2,1H3. The number of benzene rings is 2. The van der Waals surface area contributed by atoms with Crippen molar-refractivity contribution in [2.24, 2.45) is 0 Å². The van der Waals surface area contributed by atoms with E-state index in [0.717, 1.165) is 33.7 Å². The number of ether oxygens (including phenoxy) is 2. The van der Waals surface area contributed by atoms with E-state index in [1.54, 1.807) is 0 Å². The maximum absolute atomic E-state index is 8.75. The van der Waals surface area contributed by atoms with E-state index in [1.807, 2.05) is 49.4 Å². The Hall–Kier alpha value is -2.59. The summed E-state index contributed by atoms with van der Waals surface area (Å²) in [4.78, 5) is 4.54. The van der Waals surface area contributed by atoms with Crippen molar-refractivity contribution in [3.63, 3.8) is 0 Å². The first-order valence-corrected chi connectivity index (χ1v) is 7.58. The molecule has 1 heterocycles. The highest BCUT2D eigenvalue weighted by atomic mass is 16.5. The van der Waals surface area contributed by atoms with Crippen molar-refractivity contribution < 1.29 is 14.6 Å². The van der Waals surface area contributed by atoms with Gasteiger partial charge in [-0.3, -0.25) is 4.98 Å². The molecule has 0 amide bonds. The number of aryl methyl sites for hydroxylation is 1. The zero-order chi connectivity index (χ0) is 16.1. The number of rotatable bonds is 6. The third-order valence-electron chi connectivity index (χ3n) is 3.51. The molecule has 0 saturated carbocycles. The molecule has 0 bridgehead atoms. The number of pyridine rings is 1. The van der Waals surface area contributed by atoms with Crippen molar-refractivity contribution in [2.45, 2.75) is 13.5 Å². The lowest BCUT2D eigenvalue weighted by atomic mass is 10.1. The van der Waals surface area contributed by atoms with E-state index < -0.39 is 0 Å². The fourth-order valence-corrected chi connectivity index (χ4v) is 2.47. The Morgan fingerprint density at radius 1 is 0.957 bits per heavy atom. The number of aliphatic hydroxyl groups is 1. The van der Waals surface area contributed by atoms with Crippen molar-refractivity contribution in [3.05, 3.63) is 65.9 Å². The molecule has 0 spiro atoms. The maximum Gasteiger partial charge on any atom is 0.120 e. The van der Waals surface area contributed by atoms with E-state index in [1.165, 1.54) is 0 Å². The number of para-hydroxylation sites is 1. The lowest BCUT2D eigenvalue weighted by Gasteiger charge is -2.11. The van der Waals surface area contributed by atoms with E-state index >= 15 is 0 Å². The first kappa shape index (κ1) is 15.3. The van der Waals surface area contributed by atoms with Gasteiger partial charge in [0.05, 0.1) is 12.1 Å². The Labute approximate surface area is 135 Å². The molecule has 0 saturated heterocycles. The lowest BCUT2D eigenvalue weighted by Crippen LogP contribution is -2.01. The number of hydrogen-bond acceptors (Lipinski definition) is 4. The Balaban J connectivity index is 1.73. The zero-order valence-electron chi connectivity index (χ0n) is 13.0. The molecule has 118 valence electrons. The van der Waals surface area contributed by atoms with Crippen LogP contribution in [-0.4, -0.2) is 23.3 Å². The molecule has 0 aliphatic heterocycles.